The first-order chi connectivity index (χ1) is 10.8. The van der Waals surface area contributed by atoms with Crippen LogP contribution in [0.1, 0.15) is 65.7 Å². The Labute approximate surface area is 139 Å². The normalized spacial score (nSPS) is 34.7. The van der Waals surface area contributed by atoms with Gasteiger partial charge in [0.1, 0.15) is 0 Å². The third kappa shape index (κ3) is 2.33. The van der Waals surface area contributed by atoms with Crippen molar-refractivity contribution in [2.75, 3.05) is 6.54 Å². The van der Waals surface area contributed by atoms with E-state index in [1.54, 1.807) is 0 Å². The molecule has 0 unspecified atom stereocenters. The number of ketones is 1. The summed E-state index contributed by atoms with van der Waals surface area (Å²) in [4.78, 5) is 16.8. The average molecular weight is 317 g/mol. The summed E-state index contributed by atoms with van der Waals surface area (Å²) in [6.07, 6.45) is 7.37. The molecular weight excluding hydrogens is 286 g/mol. The number of fused-ring (bicyclic) bond motifs is 1. The monoisotopic (exact) mass is 317 g/mol. The molecule has 1 spiro atoms. The molecule has 2 saturated carbocycles. The van der Waals surface area contributed by atoms with Crippen LogP contribution in [0.4, 0.5) is 0 Å². The molecule has 0 radical (unpaired) electrons. The molecule has 0 amide bonds. The van der Waals surface area contributed by atoms with Crippen LogP contribution in [0.25, 0.3) is 0 Å². The van der Waals surface area contributed by atoms with Crippen molar-refractivity contribution in [3.8, 4) is 0 Å². The van der Waals surface area contributed by atoms with Crippen molar-refractivity contribution in [1.82, 2.24) is 0 Å². The Balaban J connectivity index is 1.79. The Morgan fingerprint density at radius 1 is 1.26 bits per heavy atom. The number of carbonyl (C=O) groups is 1. The second-order valence-electron chi connectivity index (χ2n) is 8.39. The number of aliphatic imine (C=N–C) groups is 1. The number of allylic oxidation sites excluding steroid dienone is 2. The fourth-order valence-corrected chi connectivity index (χ4v) is 5.87. The third-order valence-electron chi connectivity index (χ3n) is 7.22. The molecule has 0 aliphatic heterocycles. The van der Waals surface area contributed by atoms with E-state index in [2.05, 4.69) is 25.8 Å². The van der Waals surface area contributed by atoms with Crippen molar-refractivity contribution >= 4 is 11.7 Å². The molecule has 2 fully saturated rings. The summed E-state index contributed by atoms with van der Waals surface area (Å²) < 4.78 is 0. The largest absolute Gasteiger partial charge is 0.370 e. The smallest absolute Gasteiger partial charge is 0.185 e. The Kier molecular flexibility index (Phi) is 4.06. The molecule has 3 rings (SSSR count). The molecule has 3 aliphatic carbocycles. The zero-order chi connectivity index (χ0) is 16.8. The predicted molar refractivity (Wildman–Crippen MR) is 93.9 cm³/mol. The number of Topliss-reactive ketones (excluding diaryl/α,β-unsaturated/α-hetero) is 1. The molecule has 4 heteroatoms. The van der Waals surface area contributed by atoms with E-state index in [9.17, 15) is 4.79 Å². The van der Waals surface area contributed by atoms with Crippen LogP contribution in [-0.4, -0.2) is 18.3 Å². The Bertz CT molecular complexity index is 571. The van der Waals surface area contributed by atoms with Gasteiger partial charge in [-0.1, -0.05) is 26.3 Å². The zero-order valence-electron chi connectivity index (χ0n) is 14.8. The molecule has 4 nitrogen and oxygen atoms in total. The Hall–Kier alpha value is -1.32. The lowest BCUT2D eigenvalue weighted by Gasteiger charge is -2.51. The second kappa shape index (κ2) is 5.64. The zero-order valence-corrected chi connectivity index (χ0v) is 14.8. The molecule has 23 heavy (non-hydrogen) atoms. The van der Waals surface area contributed by atoms with E-state index in [4.69, 9.17) is 11.5 Å². The van der Waals surface area contributed by atoms with Gasteiger partial charge in [0.15, 0.2) is 11.7 Å². The number of unbranched alkanes of at least 4 members (excludes halogenated alkanes) is 1. The maximum atomic E-state index is 12.8. The van der Waals surface area contributed by atoms with Gasteiger partial charge in [0.25, 0.3) is 0 Å². The molecule has 0 aromatic carbocycles. The molecule has 0 aromatic rings. The number of nitrogens with two attached hydrogens (primary N) is 2. The van der Waals surface area contributed by atoms with Crippen molar-refractivity contribution in [3.63, 3.8) is 0 Å². The number of hydrogen-bond donors (Lipinski definition) is 2. The molecular formula is C19H31N3O. The molecule has 3 atom stereocenters. The SMILES string of the molecule is C[C@@H]1CC[C@@H]2CC3=C(CCCCN=C(N)N)C(=O)C[C@@]31C2(C)C. The van der Waals surface area contributed by atoms with Crippen molar-refractivity contribution in [2.45, 2.75) is 65.7 Å². The Morgan fingerprint density at radius 2 is 2.00 bits per heavy atom. The van der Waals surface area contributed by atoms with E-state index >= 15 is 0 Å². The summed E-state index contributed by atoms with van der Waals surface area (Å²) in [5, 5.41) is 0. The highest BCUT2D eigenvalue weighted by Gasteiger charge is 2.65. The van der Waals surface area contributed by atoms with Crippen LogP contribution in [0.3, 0.4) is 0 Å². The highest BCUT2D eigenvalue weighted by atomic mass is 16.1. The number of carbonyl (C=O) groups excluding carboxylic acids is 1. The lowest BCUT2D eigenvalue weighted by atomic mass is 9.53. The standard InChI is InChI=1S/C19H31N3O/c1-12-7-8-13-10-15-14(6-4-5-9-22-17(20)21)16(23)11-19(12,15)18(13,2)3/h12-13H,4-11H2,1-3H3,(H4,20,21,22)/t12-,13-,19+/m1/s1. The van der Waals surface area contributed by atoms with Crippen molar-refractivity contribution in [1.29, 1.82) is 0 Å². The lowest BCUT2D eigenvalue weighted by molar-refractivity contribution is -0.119. The van der Waals surface area contributed by atoms with Gasteiger partial charge in [-0.3, -0.25) is 9.79 Å². The van der Waals surface area contributed by atoms with Crippen LogP contribution in [0.15, 0.2) is 16.1 Å². The molecule has 4 N–H and O–H groups in total. The fraction of sp³-hybridized carbons (Fsp3) is 0.789. The van der Waals surface area contributed by atoms with Crippen LogP contribution >= 0.6 is 0 Å². The van der Waals surface area contributed by atoms with Crippen LogP contribution < -0.4 is 11.5 Å². The summed E-state index contributed by atoms with van der Waals surface area (Å²) in [5.41, 5.74) is 13.8. The minimum absolute atomic E-state index is 0.155. The molecule has 0 saturated heterocycles. The highest BCUT2D eigenvalue weighted by Crippen LogP contribution is 2.72. The van der Waals surface area contributed by atoms with Crippen molar-refractivity contribution < 1.29 is 4.79 Å². The number of guanidine groups is 1. The molecule has 0 heterocycles. The highest BCUT2D eigenvalue weighted by molar-refractivity contribution is 6.00. The van der Waals surface area contributed by atoms with E-state index in [1.165, 1.54) is 24.0 Å². The summed E-state index contributed by atoms with van der Waals surface area (Å²) in [6.45, 7) is 7.86. The van der Waals surface area contributed by atoms with E-state index in [0.717, 1.165) is 38.0 Å². The minimum Gasteiger partial charge on any atom is -0.370 e. The number of rotatable bonds is 5. The molecule has 3 aliphatic rings. The Morgan fingerprint density at radius 3 is 2.70 bits per heavy atom. The third-order valence-corrected chi connectivity index (χ3v) is 7.22. The van der Waals surface area contributed by atoms with Gasteiger partial charge in [0.2, 0.25) is 0 Å². The number of hydrogen-bond acceptors (Lipinski definition) is 2. The first-order valence-corrected chi connectivity index (χ1v) is 9.11. The van der Waals surface area contributed by atoms with Gasteiger partial charge in [0, 0.05) is 18.4 Å². The summed E-state index contributed by atoms with van der Waals surface area (Å²) in [7, 11) is 0. The summed E-state index contributed by atoms with van der Waals surface area (Å²) in [6, 6.07) is 0. The minimum atomic E-state index is 0.155. The van der Waals surface area contributed by atoms with E-state index in [-0.39, 0.29) is 16.8 Å². The molecule has 2 bridgehead atoms. The van der Waals surface area contributed by atoms with E-state index in [1.807, 2.05) is 0 Å². The fourth-order valence-electron chi connectivity index (χ4n) is 5.87. The van der Waals surface area contributed by atoms with Gasteiger partial charge in [0.05, 0.1) is 0 Å². The first kappa shape index (κ1) is 16.5. The molecule has 0 aromatic heterocycles. The van der Waals surface area contributed by atoms with Gasteiger partial charge in [-0.25, -0.2) is 0 Å². The maximum Gasteiger partial charge on any atom is 0.185 e. The first-order valence-electron chi connectivity index (χ1n) is 9.11. The average Bonchev–Trinajstić information content (AvgIpc) is 2.79. The van der Waals surface area contributed by atoms with E-state index in [0.29, 0.717) is 18.2 Å². The van der Waals surface area contributed by atoms with Crippen LogP contribution in [0.2, 0.25) is 0 Å². The topological polar surface area (TPSA) is 81.5 Å². The van der Waals surface area contributed by atoms with Gasteiger partial charge in [-0.2, -0.15) is 0 Å². The van der Waals surface area contributed by atoms with Crippen LogP contribution in [0, 0.1) is 22.7 Å². The maximum absolute atomic E-state index is 12.8. The lowest BCUT2D eigenvalue weighted by Crippen LogP contribution is -2.45. The van der Waals surface area contributed by atoms with Crippen LogP contribution in [-0.2, 0) is 4.79 Å². The van der Waals surface area contributed by atoms with Gasteiger partial charge >= 0.3 is 0 Å². The van der Waals surface area contributed by atoms with Crippen LogP contribution in [0.5, 0.6) is 0 Å². The van der Waals surface area contributed by atoms with E-state index < -0.39 is 0 Å². The van der Waals surface area contributed by atoms with Gasteiger partial charge < -0.3 is 11.5 Å². The van der Waals surface area contributed by atoms with Crippen molar-refractivity contribution in [3.05, 3.63) is 11.1 Å². The quantitative estimate of drug-likeness (QED) is 0.464. The van der Waals surface area contributed by atoms with Crippen molar-refractivity contribution in [2.24, 2.45) is 39.1 Å². The number of nitrogens with zero attached hydrogens (tertiary/aromatic N) is 1. The second-order valence-corrected chi connectivity index (χ2v) is 8.39. The molecule has 128 valence electrons. The summed E-state index contributed by atoms with van der Waals surface area (Å²) >= 11 is 0. The summed E-state index contributed by atoms with van der Waals surface area (Å²) in [5.74, 6) is 1.97. The van der Waals surface area contributed by atoms with Gasteiger partial charge in [-0.15, -0.1) is 0 Å². The van der Waals surface area contributed by atoms with Gasteiger partial charge in [-0.05, 0) is 61.3 Å². The predicted octanol–water partition coefficient (Wildman–Crippen LogP) is 3.16.